The molecule has 0 unspecified atom stereocenters. The molecule has 1 rings (SSSR count). The topological polar surface area (TPSA) is 0 Å². The van der Waals surface area contributed by atoms with Gasteiger partial charge in [-0.3, -0.25) is 0 Å². The minimum Gasteiger partial charge on any atom is -0.0651 e. The predicted molar refractivity (Wildman–Crippen MR) is 67.2 cm³/mol. The summed E-state index contributed by atoms with van der Waals surface area (Å²) in [4.78, 5) is 0. The Morgan fingerprint density at radius 3 is 2.46 bits per heavy atom. The zero-order valence-electron chi connectivity index (χ0n) is 8.60. The maximum Gasteiger partial charge on any atom is 0.0135 e. The lowest BCUT2D eigenvalue weighted by Crippen LogP contribution is -1.92. The summed E-state index contributed by atoms with van der Waals surface area (Å²) in [5.41, 5.74) is 2.95. The lowest BCUT2D eigenvalue weighted by molar-refractivity contribution is 0.852. The van der Waals surface area contributed by atoms with Crippen LogP contribution in [0, 0.1) is 3.57 Å². The fourth-order valence-electron chi connectivity index (χ4n) is 1.44. The van der Waals surface area contributed by atoms with E-state index in [1.54, 1.807) is 0 Å². The van der Waals surface area contributed by atoms with Crippen LogP contribution in [0.2, 0.25) is 0 Å². The Labute approximate surface area is 94.9 Å². The number of benzene rings is 1. The molecule has 0 radical (unpaired) electrons. The Kier molecular flexibility index (Phi) is 4.23. The Balaban J connectivity index is 2.96. The Bertz CT molecular complexity index is 276. The first-order valence-electron chi connectivity index (χ1n) is 4.93. The molecular weight excluding hydrogens is 271 g/mol. The highest BCUT2D eigenvalue weighted by Crippen LogP contribution is 2.20. The van der Waals surface area contributed by atoms with E-state index in [4.69, 9.17) is 0 Å². The summed E-state index contributed by atoms with van der Waals surface area (Å²) in [6.07, 6.45) is 2.44. The highest BCUT2D eigenvalue weighted by atomic mass is 127. The first kappa shape index (κ1) is 11.0. The van der Waals surface area contributed by atoms with Crippen LogP contribution in [0.4, 0.5) is 0 Å². The molecular formula is C12H17I. The maximum absolute atomic E-state index is 2.40. The molecule has 0 spiro atoms. The summed E-state index contributed by atoms with van der Waals surface area (Å²) in [5.74, 6) is 0.644. The summed E-state index contributed by atoms with van der Waals surface area (Å²) in [5, 5.41) is 0. The number of rotatable bonds is 3. The van der Waals surface area contributed by atoms with Crippen molar-refractivity contribution in [2.24, 2.45) is 0 Å². The van der Waals surface area contributed by atoms with Gasteiger partial charge in [0.25, 0.3) is 0 Å². The standard InChI is InChI=1S/C12H17I/c1-4-5-10-6-11(9(2)3)8-12(13)7-10/h6-9H,4-5H2,1-3H3. The van der Waals surface area contributed by atoms with Crippen molar-refractivity contribution in [1.82, 2.24) is 0 Å². The van der Waals surface area contributed by atoms with E-state index in [0.29, 0.717) is 5.92 Å². The van der Waals surface area contributed by atoms with Crippen LogP contribution < -0.4 is 0 Å². The fraction of sp³-hybridized carbons (Fsp3) is 0.500. The number of hydrogen-bond acceptors (Lipinski definition) is 0. The van der Waals surface area contributed by atoms with Crippen LogP contribution >= 0.6 is 22.6 Å². The Morgan fingerprint density at radius 1 is 1.23 bits per heavy atom. The molecule has 1 heteroatoms. The average Bonchev–Trinajstić information content (AvgIpc) is 2.03. The minimum atomic E-state index is 0.644. The lowest BCUT2D eigenvalue weighted by Gasteiger charge is -2.08. The first-order valence-corrected chi connectivity index (χ1v) is 6.00. The highest BCUT2D eigenvalue weighted by Gasteiger charge is 2.02. The van der Waals surface area contributed by atoms with Crippen molar-refractivity contribution in [3.63, 3.8) is 0 Å². The van der Waals surface area contributed by atoms with Crippen molar-refractivity contribution in [3.8, 4) is 0 Å². The second-order valence-corrected chi connectivity index (χ2v) is 5.04. The predicted octanol–water partition coefficient (Wildman–Crippen LogP) is 4.37. The smallest absolute Gasteiger partial charge is 0.0135 e. The molecule has 0 nitrogen and oxygen atoms in total. The summed E-state index contributed by atoms with van der Waals surface area (Å²) in [7, 11) is 0. The van der Waals surface area contributed by atoms with Gasteiger partial charge in [-0.05, 0) is 58.2 Å². The van der Waals surface area contributed by atoms with Gasteiger partial charge in [-0.2, -0.15) is 0 Å². The van der Waals surface area contributed by atoms with E-state index in [1.165, 1.54) is 27.5 Å². The second kappa shape index (κ2) is 4.99. The maximum atomic E-state index is 2.40. The SMILES string of the molecule is CCCc1cc(I)cc(C(C)C)c1. The third-order valence-corrected chi connectivity index (χ3v) is 2.81. The molecule has 1 aromatic carbocycles. The fourth-order valence-corrected chi connectivity index (χ4v) is 2.20. The Hall–Kier alpha value is -0.0500. The van der Waals surface area contributed by atoms with E-state index in [-0.39, 0.29) is 0 Å². The molecule has 1 aromatic rings. The first-order chi connectivity index (χ1) is 6.13. The van der Waals surface area contributed by atoms with Gasteiger partial charge in [0, 0.05) is 3.57 Å². The van der Waals surface area contributed by atoms with Crippen molar-refractivity contribution < 1.29 is 0 Å². The molecule has 72 valence electrons. The van der Waals surface area contributed by atoms with Gasteiger partial charge in [-0.15, -0.1) is 0 Å². The molecule has 0 saturated carbocycles. The zero-order chi connectivity index (χ0) is 9.84. The summed E-state index contributed by atoms with van der Waals surface area (Å²) in [6, 6.07) is 6.91. The zero-order valence-corrected chi connectivity index (χ0v) is 10.8. The summed E-state index contributed by atoms with van der Waals surface area (Å²) in [6.45, 7) is 6.73. The van der Waals surface area contributed by atoms with Crippen molar-refractivity contribution in [1.29, 1.82) is 0 Å². The van der Waals surface area contributed by atoms with Gasteiger partial charge in [-0.1, -0.05) is 33.3 Å². The molecule has 0 N–H and O–H groups in total. The van der Waals surface area contributed by atoms with Crippen LogP contribution in [0.5, 0.6) is 0 Å². The third-order valence-electron chi connectivity index (χ3n) is 2.19. The van der Waals surface area contributed by atoms with E-state index >= 15 is 0 Å². The van der Waals surface area contributed by atoms with Crippen LogP contribution in [0.3, 0.4) is 0 Å². The number of hydrogen-bond donors (Lipinski definition) is 0. The normalized spacial score (nSPS) is 10.8. The molecule has 0 amide bonds. The van der Waals surface area contributed by atoms with E-state index in [2.05, 4.69) is 61.6 Å². The van der Waals surface area contributed by atoms with Crippen molar-refractivity contribution in [3.05, 3.63) is 32.9 Å². The molecule has 0 saturated heterocycles. The minimum absolute atomic E-state index is 0.644. The quantitative estimate of drug-likeness (QED) is 0.725. The van der Waals surface area contributed by atoms with E-state index in [1.807, 2.05) is 0 Å². The van der Waals surface area contributed by atoms with Crippen LogP contribution in [0.25, 0.3) is 0 Å². The molecule has 0 aliphatic rings. The molecule has 0 heterocycles. The summed E-state index contributed by atoms with van der Waals surface area (Å²) >= 11 is 2.40. The van der Waals surface area contributed by atoms with Crippen LogP contribution in [0.15, 0.2) is 18.2 Å². The van der Waals surface area contributed by atoms with Gasteiger partial charge in [-0.25, -0.2) is 0 Å². The molecule has 0 aromatic heterocycles. The van der Waals surface area contributed by atoms with Crippen LogP contribution in [0.1, 0.15) is 44.2 Å². The molecule has 0 aliphatic carbocycles. The monoisotopic (exact) mass is 288 g/mol. The second-order valence-electron chi connectivity index (χ2n) is 3.80. The summed E-state index contributed by atoms with van der Waals surface area (Å²) < 4.78 is 1.37. The van der Waals surface area contributed by atoms with E-state index in [0.717, 1.165) is 0 Å². The van der Waals surface area contributed by atoms with Crippen LogP contribution in [-0.4, -0.2) is 0 Å². The van der Waals surface area contributed by atoms with Gasteiger partial charge in [0.2, 0.25) is 0 Å². The van der Waals surface area contributed by atoms with Gasteiger partial charge in [0.1, 0.15) is 0 Å². The number of halogens is 1. The van der Waals surface area contributed by atoms with Crippen LogP contribution in [-0.2, 0) is 6.42 Å². The van der Waals surface area contributed by atoms with Crippen molar-refractivity contribution in [2.45, 2.75) is 39.5 Å². The van der Waals surface area contributed by atoms with Gasteiger partial charge in [0.05, 0.1) is 0 Å². The Morgan fingerprint density at radius 2 is 1.92 bits per heavy atom. The van der Waals surface area contributed by atoms with Gasteiger partial charge >= 0.3 is 0 Å². The number of aryl methyl sites for hydroxylation is 1. The van der Waals surface area contributed by atoms with Gasteiger partial charge in [0.15, 0.2) is 0 Å². The van der Waals surface area contributed by atoms with Crippen molar-refractivity contribution >= 4 is 22.6 Å². The van der Waals surface area contributed by atoms with E-state index < -0.39 is 0 Å². The molecule has 13 heavy (non-hydrogen) atoms. The molecule has 0 aliphatic heterocycles. The largest absolute Gasteiger partial charge is 0.0651 e. The molecule has 0 fully saturated rings. The van der Waals surface area contributed by atoms with E-state index in [9.17, 15) is 0 Å². The lowest BCUT2D eigenvalue weighted by atomic mass is 9.99. The third kappa shape index (κ3) is 3.29. The van der Waals surface area contributed by atoms with Gasteiger partial charge < -0.3 is 0 Å². The highest BCUT2D eigenvalue weighted by molar-refractivity contribution is 14.1. The van der Waals surface area contributed by atoms with Crippen molar-refractivity contribution in [2.75, 3.05) is 0 Å². The molecule has 0 bridgehead atoms. The molecule has 0 atom stereocenters. The average molecular weight is 288 g/mol.